The third kappa shape index (κ3) is 4.62. The fourth-order valence-corrected chi connectivity index (χ4v) is 6.18. The van der Waals surface area contributed by atoms with Gasteiger partial charge in [0.05, 0.1) is 12.8 Å². The number of ether oxygens (including phenoxy) is 1. The van der Waals surface area contributed by atoms with E-state index in [-0.39, 0.29) is 11.8 Å². The van der Waals surface area contributed by atoms with Crippen LogP contribution in [0.25, 0.3) is 10.4 Å². The standard InChI is InChI=1S/C26H33NO4S/c1-18-11-13-20(14-12-18)24(28)27(26(30)15-7-4-8-16-26)21-17-22(19-9-5-3-6-10-19)32-23(21)25(29)31-2/h3,5-6,9-10,17-18,20,30H,4,7-8,11-16H2,1-2H3/t18-,20-. The molecule has 0 radical (unpaired) electrons. The molecular formula is C26H33NO4S. The van der Waals surface area contributed by atoms with E-state index in [0.29, 0.717) is 29.3 Å². The molecule has 1 N–H and O–H groups in total. The third-order valence-corrected chi connectivity index (χ3v) is 8.19. The minimum Gasteiger partial charge on any atom is -0.465 e. The van der Waals surface area contributed by atoms with Crippen LogP contribution in [0.15, 0.2) is 36.4 Å². The van der Waals surface area contributed by atoms with Crippen LogP contribution in [0, 0.1) is 11.8 Å². The van der Waals surface area contributed by atoms with Gasteiger partial charge in [-0.25, -0.2) is 4.79 Å². The Kier molecular flexibility index (Phi) is 7.01. The Hall–Kier alpha value is -2.18. The van der Waals surface area contributed by atoms with Crippen molar-refractivity contribution in [1.29, 1.82) is 0 Å². The number of amides is 1. The van der Waals surface area contributed by atoms with Gasteiger partial charge in [-0.3, -0.25) is 9.69 Å². The first-order valence-corrected chi connectivity index (χ1v) is 12.6. The minimum atomic E-state index is -1.27. The summed E-state index contributed by atoms with van der Waals surface area (Å²) in [7, 11) is 1.36. The predicted molar refractivity (Wildman–Crippen MR) is 128 cm³/mol. The molecule has 4 rings (SSSR count). The van der Waals surface area contributed by atoms with Gasteiger partial charge in [-0.15, -0.1) is 11.3 Å². The van der Waals surface area contributed by atoms with Gasteiger partial charge in [-0.1, -0.05) is 43.7 Å². The number of aliphatic hydroxyl groups is 1. The molecule has 0 aliphatic heterocycles. The number of rotatable bonds is 5. The Balaban J connectivity index is 1.80. The number of methoxy groups -OCH3 is 1. The molecule has 5 nitrogen and oxygen atoms in total. The SMILES string of the molecule is COC(=O)c1sc(-c2ccccc2)cc1N(C(=O)[C@H]1CC[C@H](C)CC1)C1(O)CCCCC1. The maximum atomic E-state index is 13.9. The summed E-state index contributed by atoms with van der Waals surface area (Å²) in [4.78, 5) is 29.6. The van der Waals surface area contributed by atoms with Crippen LogP contribution in [0.4, 0.5) is 5.69 Å². The van der Waals surface area contributed by atoms with Gasteiger partial charge in [0.15, 0.2) is 0 Å². The topological polar surface area (TPSA) is 66.8 Å². The first-order valence-electron chi connectivity index (χ1n) is 11.8. The van der Waals surface area contributed by atoms with Gasteiger partial charge in [0.1, 0.15) is 10.6 Å². The Morgan fingerprint density at radius 1 is 1.06 bits per heavy atom. The van der Waals surface area contributed by atoms with Crippen LogP contribution in [0.5, 0.6) is 0 Å². The average molecular weight is 456 g/mol. The number of anilines is 1. The fourth-order valence-electron chi connectivity index (χ4n) is 5.11. The van der Waals surface area contributed by atoms with Gasteiger partial charge in [-0.2, -0.15) is 0 Å². The first kappa shape index (κ1) is 23.0. The van der Waals surface area contributed by atoms with Crippen molar-refractivity contribution in [3.05, 3.63) is 41.3 Å². The number of carbonyl (C=O) groups excluding carboxylic acids is 2. The van der Waals surface area contributed by atoms with Gasteiger partial charge in [0.25, 0.3) is 0 Å². The van der Waals surface area contributed by atoms with E-state index >= 15 is 0 Å². The summed E-state index contributed by atoms with van der Waals surface area (Å²) < 4.78 is 5.09. The fraction of sp³-hybridized carbons (Fsp3) is 0.538. The number of hydrogen-bond acceptors (Lipinski definition) is 5. The molecule has 1 aromatic heterocycles. The van der Waals surface area contributed by atoms with E-state index in [4.69, 9.17) is 4.74 Å². The second kappa shape index (κ2) is 9.75. The van der Waals surface area contributed by atoms with E-state index in [2.05, 4.69) is 6.92 Å². The lowest BCUT2D eigenvalue weighted by Gasteiger charge is -2.44. The summed E-state index contributed by atoms with van der Waals surface area (Å²) in [6.45, 7) is 2.23. The lowest BCUT2D eigenvalue weighted by atomic mass is 9.81. The highest BCUT2D eigenvalue weighted by atomic mass is 32.1. The second-order valence-corrected chi connectivity index (χ2v) is 10.4. The number of esters is 1. The van der Waals surface area contributed by atoms with Crippen LogP contribution in [-0.4, -0.2) is 29.8 Å². The van der Waals surface area contributed by atoms with Crippen LogP contribution in [-0.2, 0) is 9.53 Å². The van der Waals surface area contributed by atoms with Crippen molar-refractivity contribution in [3.63, 3.8) is 0 Å². The number of nitrogens with zero attached hydrogens (tertiary/aromatic N) is 1. The molecule has 0 atom stereocenters. The predicted octanol–water partition coefficient (Wildman–Crippen LogP) is 6.01. The molecule has 0 saturated heterocycles. The van der Waals surface area contributed by atoms with Crippen molar-refractivity contribution in [3.8, 4) is 10.4 Å². The largest absolute Gasteiger partial charge is 0.465 e. The van der Waals surface area contributed by atoms with E-state index < -0.39 is 11.7 Å². The average Bonchev–Trinajstić information content (AvgIpc) is 3.24. The van der Waals surface area contributed by atoms with Crippen molar-refractivity contribution < 1.29 is 19.4 Å². The van der Waals surface area contributed by atoms with Crippen LogP contribution in [0.3, 0.4) is 0 Å². The number of thiophene rings is 1. The zero-order valence-electron chi connectivity index (χ0n) is 19.0. The molecule has 0 spiro atoms. The molecular weight excluding hydrogens is 422 g/mol. The first-order chi connectivity index (χ1) is 15.4. The molecule has 1 heterocycles. The summed E-state index contributed by atoms with van der Waals surface area (Å²) in [5, 5.41) is 11.8. The van der Waals surface area contributed by atoms with Crippen molar-refractivity contribution in [2.45, 2.75) is 70.4 Å². The molecule has 2 fully saturated rings. The van der Waals surface area contributed by atoms with Crippen LogP contribution >= 0.6 is 11.3 Å². The molecule has 172 valence electrons. The smallest absolute Gasteiger partial charge is 0.350 e. The molecule has 32 heavy (non-hydrogen) atoms. The van der Waals surface area contributed by atoms with E-state index in [1.54, 1.807) is 4.90 Å². The summed E-state index contributed by atoms with van der Waals surface area (Å²) in [6, 6.07) is 11.7. The number of carbonyl (C=O) groups is 2. The molecule has 2 saturated carbocycles. The van der Waals surface area contributed by atoms with Crippen LogP contribution in [0.2, 0.25) is 0 Å². The Morgan fingerprint density at radius 3 is 2.34 bits per heavy atom. The quantitative estimate of drug-likeness (QED) is 0.443. The highest BCUT2D eigenvalue weighted by Crippen LogP contribution is 2.44. The normalized spacial score (nSPS) is 22.8. The van der Waals surface area contributed by atoms with Crippen LogP contribution < -0.4 is 4.90 Å². The van der Waals surface area contributed by atoms with E-state index in [1.807, 2.05) is 36.4 Å². The maximum Gasteiger partial charge on any atom is 0.350 e. The van der Waals surface area contributed by atoms with E-state index in [1.165, 1.54) is 18.4 Å². The molecule has 2 aliphatic carbocycles. The third-order valence-electron chi connectivity index (χ3n) is 7.04. The van der Waals surface area contributed by atoms with E-state index in [9.17, 15) is 14.7 Å². The van der Waals surface area contributed by atoms with Crippen molar-refractivity contribution >= 4 is 28.9 Å². The lowest BCUT2D eigenvalue weighted by Crippen LogP contribution is -2.55. The lowest BCUT2D eigenvalue weighted by molar-refractivity contribution is -0.129. The summed E-state index contributed by atoms with van der Waals surface area (Å²) in [5.41, 5.74) is 0.202. The molecule has 1 amide bonds. The van der Waals surface area contributed by atoms with Gasteiger partial charge in [0, 0.05) is 10.8 Å². The van der Waals surface area contributed by atoms with Gasteiger partial charge >= 0.3 is 5.97 Å². The molecule has 1 aromatic carbocycles. The number of benzene rings is 1. The second-order valence-electron chi connectivity index (χ2n) is 9.36. The zero-order valence-corrected chi connectivity index (χ0v) is 19.8. The van der Waals surface area contributed by atoms with Crippen LogP contribution in [0.1, 0.15) is 74.4 Å². The monoisotopic (exact) mass is 455 g/mol. The molecule has 0 unspecified atom stereocenters. The summed E-state index contributed by atoms with van der Waals surface area (Å²) in [5.74, 6) is -0.0185. The minimum absolute atomic E-state index is 0.0520. The molecule has 0 bridgehead atoms. The zero-order chi connectivity index (χ0) is 22.7. The molecule has 6 heteroatoms. The Morgan fingerprint density at radius 2 is 1.72 bits per heavy atom. The van der Waals surface area contributed by atoms with Gasteiger partial charge < -0.3 is 9.84 Å². The molecule has 2 aliphatic rings. The maximum absolute atomic E-state index is 13.9. The Bertz CT molecular complexity index is 940. The van der Waals surface area contributed by atoms with Gasteiger partial charge in [0.2, 0.25) is 5.91 Å². The molecule has 2 aromatic rings. The highest BCUT2D eigenvalue weighted by Gasteiger charge is 2.44. The summed E-state index contributed by atoms with van der Waals surface area (Å²) in [6.07, 6.45) is 7.53. The Labute approximate surface area is 194 Å². The highest BCUT2D eigenvalue weighted by molar-refractivity contribution is 7.18. The van der Waals surface area contributed by atoms with E-state index in [0.717, 1.165) is 55.4 Å². The van der Waals surface area contributed by atoms with Crippen molar-refractivity contribution in [1.82, 2.24) is 0 Å². The summed E-state index contributed by atoms with van der Waals surface area (Å²) >= 11 is 1.32. The van der Waals surface area contributed by atoms with Crippen molar-refractivity contribution in [2.75, 3.05) is 12.0 Å². The van der Waals surface area contributed by atoms with Gasteiger partial charge in [-0.05, 0) is 68.9 Å². The number of hydrogen-bond donors (Lipinski definition) is 1. The van der Waals surface area contributed by atoms with Crippen molar-refractivity contribution in [2.24, 2.45) is 11.8 Å².